The largest absolute Gasteiger partial charge is 0.322 e. The zero-order valence-electron chi connectivity index (χ0n) is 17.9. The van der Waals surface area contributed by atoms with Gasteiger partial charge in [0, 0.05) is 18.8 Å². The maximum absolute atomic E-state index is 13.2. The minimum atomic E-state index is -0.361. The average molecular weight is 461 g/mol. The van der Waals surface area contributed by atoms with Gasteiger partial charge in [-0.15, -0.1) is 0 Å². The zero-order valence-corrected chi connectivity index (χ0v) is 19.4. The molecule has 1 atom stereocenters. The van der Waals surface area contributed by atoms with E-state index >= 15 is 0 Å². The van der Waals surface area contributed by atoms with E-state index in [0.717, 1.165) is 6.42 Å². The molecule has 0 aliphatic carbocycles. The molecule has 3 rings (SSSR count). The van der Waals surface area contributed by atoms with Crippen molar-refractivity contribution in [2.45, 2.75) is 46.2 Å². The molecular formula is C23H26Cl2N4O2. The van der Waals surface area contributed by atoms with Gasteiger partial charge in [0.1, 0.15) is 5.82 Å². The Labute approximate surface area is 191 Å². The first-order valence-electron chi connectivity index (χ1n) is 10.4. The number of para-hydroxylation sites is 1. The molecule has 0 radical (unpaired) electrons. The second-order valence-corrected chi connectivity index (χ2v) is 8.03. The van der Waals surface area contributed by atoms with Crippen LogP contribution < -0.4 is 10.9 Å². The first-order valence-corrected chi connectivity index (χ1v) is 11.2. The smallest absolute Gasteiger partial charge is 0.314 e. The Hall–Kier alpha value is -2.57. The van der Waals surface area contributed by atoms with E-state index in [2.05, 4.69) is 5.32 Å². The molecule has 8 heteroatoms. The minimum absolute atomic E-state index is 0.0945. The van der Waals surface area contributed by atoms with Crippen molar-refractivity contribution < 1.29 is 4.79 Å². The van der Waals surface area contributed by atoms with Gasteiger partial charge in [-0.2, -0.15) is 0 Å². The molecule has 0 saturated carbocycles. The summed E-state index contributed by atoms with van der Waals surface area (Å²) in [5, 5.41) is 4.26. The van der Waals surface area contributed by atoms with Crippen LogP contribution in [0.2, 0.25) is 10.0 Å². The third-order valence-electron chi connectivity index (χ3n) is 5.16. The van der Waals surface area contributed by atoms with Crippen LogP contribution in [0.4, 0.5) is 10.5 Å². The molecule has 31 heavy (non-hydrogen) atoms. The first-order chi connectivity index (χ1) is 14.9. The van der Waals surface area contributed by atoms with Crippen LogP contribution in [0.1, 0.15) is 45.5 Å². The summed E-state index contributed by atoms with van der Waals surface area (Å²) in [5.74, 6) is 0.589. The molecule has 0 fully saturated rings. The van der Waals surface area contributed by atoms with Crippen molar-refractivity contribution in [3.8, 4) is 0 Å². The second-order valence-electron chi connectivity index (χ2n) is 7.21. The highest BCUT2D eigenvalue weighted by atomic mass is 35.5. The Morgan fingerprint density at radius 2 is 1.87 bits per heavy atom. The van der Waals surface area contributed by atoms with Crippen molar-refractivity contribution in [3.63, 3.8) is 0 Å². The molecule has 0 spiro atoms. The van der Waals surface area contributed by atoms with Gasteiger partial charge in [0.15, 0.2) is 0 Å². The Balaban J connectivity index is 2.03. The van der Waals surface area contributed by atoms with Crippen LogP contribution in [0.25, 0.3) is 10.9 Å². The van der Waals surface area contributed by atoms with Gasteiger partial charge in [0.05, 0.1) is 27.0 Å². The van der Waals surface area contributed by atoms with Crippen LogP contribution >= 0.6 is 23.2 Å². The molecule has 1 unspecified atom stereocenters. The number of fused-ring (bicyclic) bond motifs is 1. The van der Waals surface area contributed by atoms with Gasteiger partial charge in [0.25, 0.3) is 5.56 Å². The average Bonchev–Trinajstić information content (AvgIpc) is 2.76. The van der Waals surface area contributed by atoms with E-state index in [4.69, 9.17) is 28.2 Å². The molecule has 0 aliphatic rings. The Morgan fingerprint density at radius 3 is 2.52 bits per heavy atom. The molecule has 1 aromatic heterocycles. The van der Waals surface area contributed by atoms with E-state index in [0.29, 0.717) is 52.0 Å². The molecule has 2 amide bonds. The summed E-state index contributed by atoms with van der Waals surface area (Å²) in [4.78, 5) is 32.9. The maximum Gasteiger partial charge on any atom is 0.322 e. The molecule has 164 valence electrons. The Morgan fingerprint density at radius 1 is 1.13 bits per heavy atom. The summed E-state index contributed by atoms with van der Waals surface area (Å²) >= 11 is 12.1. The van der Waals surface area contributed by atoms with E-state index in [1.165, 1.54) is 0 Å². The quantitative estimate of drug-likeness (QED) is 0.461. The molecular weight excluding hydrogens is 435 g/mol. The lowest BCUT2D eigenvalue weighted by Gasteiger charge is -2.32. The number of amides is 2. The predicted molar refractivity (Wildman–Crippen MR) is 127 cm³/mol. The van der Waals surface area contributed by atoms with Crippen LogP contribution in [0.5, 0.6) is 0 Å². The van der Waals surface area contributed by atoms with Gasteiger partial charge in [0.2, 0.25) is 0 Å². The van der Waals surface area contributed by atoms with Gasteiger partial charge >= 0.3 is 6.03 Å². The fourth-order valence-corrected chi connectivity index (χ4v) is 3.99. The van der Waals surface area contributed by atoms with Gasteiger partial charge < -0.3 is 10.2 Å². The van der Waals surface area contributed by atoms with Gasteiger partial charge in [-0.05, 0) is 50.1 Å². The zero-order chi connectivity index (χ0) is 22.5. The number of hydrogen-bond acceptors (Lipinski definition) is 3. The predicted octanol–water partition coefficient (Wildman–Crippen LogP) is 6.12. The first kappa shape index (κ1) is 23.1. The molecule has 6 nitrogen and oxygen atoms in total. The van der Waals surface area contributed by atoms with Crippen LogP contribution in [-0.4, -0.2) is 27.0 Å². The van der Waals surface area contributed by atoms with E-state index in [1.54, 1.807) is 33.7 Å². The fourth-order valence-electron chi connectivity index (χ4n) is 3.70. The van der Waals surface area contributed by atoms with Gasteiger partial charge in [-0.25, -0.2) is 9.78 Å². The minimum Gasteiger partial charge on any atom is -0.314 e. The summed E-state index contributed by atoms with van der Waals surface area (Å²) in [6.45, 7) is 6.89. The number of halogens is 2. The van der Waals surface area contributed by atoms with Crippen LogP contribution in [-0.2, 0) is 6.54 Å². The van der Waals surface area contributed by atoms with Crippen LogP contribution in [0.15, 0.2) is 47.3 Å². The fraction of sp³-hybridized carbons (Fsp3) is 0.348. The number of benzene rings is 2. The summed E-state index contributed by atoms with van der Waals surface area (Å²) in [6, 6.07) is 11.6. The summed E-state index contributed by atoms with van der Waals surface area (Å²) in [6.07, 6.45) is 1.37. The molecule has 2 aromatic carbocycles. The van der Waals surface area contributed by atoms with Crippen molar-refractivity contribution in [2.75, 3.05) is 11.9 Å². The van der Waals surface area contributed by atoms with Crippen molar-refractivity contribution in [2.24, 2.45) is 0 Å². The second kappa shape index (κ2) is 10.2. The highest BCUT2D eigenvalue weighted by Crippen LogP contribution is 2.28. The monoisotopic (exact) mass is 460 g/mol. The van der Waals surface area contributed by atoms with Crippen molar-refractivity contribution in [1.82, 2.24) is 14.5 Å². The van der Waals surface area contributed by atoms with E-state index in [9.17, 15) is 9.59 Å². The topological polar surface area (TPSA) is 67.2 Å². The Kier molecular flexibility index (Phi) is 7.57. The van der Waals surface area contributed by atoms with Crippen molar-refractivity contribution in [1.29, 1.82) is 0 Å². The maximum atomic E-state index is 13.2. The molecule has 1 heterocycles. The molecule has 3 aromatic rings. The number of nitrogens with zero attached hydrogens (tertiary/aromatic N) is 3. The van der Waals surface area contributed by atoms with Gasteiger partial charge in [-0.3, -0.25) is 9.36 Å². The summed E-state index contributed by atoms with van der Waals surface area (Å²) in [5.41, 5.74) is 1.09. The number of urea groups is 1. The number of nitrogens with one attached hydrogen (secondary N) is 1. The van der Waals surface area contributed by atoms with Crippen LogP contribution in [0.3, 0.4) is 0 Å². The van der Waals surface area contributed by atoms with Crippen molar-refractivity contribution in [3.05, 3.63) is 68.7 Å². The lowest BCUT2D eigenvalue weighted by Crippen LogP contribution is -2.41. The lowest BCUT2D eigenvalue weighted by atomic mass is 10.1. The van der Waals surface area contributed by atoms with Crippen molar-refractivity contribution >= 4 is 45.8 Å². The standard InChI is InChI=1S/C23H26Cl2N4O2/c1-4-13-29(23(31)26-15-11-12-17(24)18(25)14-15)20(5-2)21-27-19-10-8-7-9-16(19)22(30)28(21)6-3/h7-12,14,20H,4-6,13H2,1-3H3,(H,26,31). The SMILES string of the molecule is CCCN(C(=O)Nc1ccc(Cl)c(Cl)c1)C(CC)c1nc2ccccc2c(=O)n1CC. The van der Waals surface area contributed by atoms with E-state index in [1.807, 2.05) is 39.0 Å². The number of carbonyl (C=O) groups is 1. The molecule has 0 saturated heterocycles. The number of aromatic nitrogens is 2. The molecule has 1 N–H and O–H groups in total. The summed E-state index contributed by atoms with van der Waals surface area (Å²) < 4.78 is 1.66. The van der Waals surface area contributed by atoms with Gasteiger partial charge in [-0.1, -0.05) is 49.2 Å². The van der Waals surface area contributed by atoms with E-state index < -0.39 is 0 Å². The highest BCUT2D eigenvalue weighted by Gasteiger charge is 2.28. The lowest BCUT2D eigenvalue weighted by molar-refractivity contribution is 0.180. The normalized spacial score (nSPS) is 12.0. The molecule has 0 bridgehead atoms. The summed E-state index contributed by atoms with van der Waals surface area (Å²) in [7, 11) is 0. The third-order valence-corrected chi connectivity index (χ3v) is 5.90. The molecule has 0 aliphatic heterocycles. The number of anilines is 1. The Bertz CT molecular complexity index is 1150. The third kappa shape index (κ3) is 4.86. The van der Waals surface area contributed by atoms with E-state index in [-0.39, 0.29) is 17.6 Å². The number of carbonyl (C=O) groups excluding carboxylic acids is 1. The highest BCUT2D eigenvalue weighted by molar-refractivity contribution is 6.42. The number of hydrogen-bond donors (Lipinski definition) is 1. The van der Waals surface area contributed by atoms with Crippen LogP contribution in [0, 0.1) is 0 Å². The number of rotatable bonds is 7.